The minimum absolute atomic E-state index is 0.0591. The van der Waals surface area contributed by atoms with E-state index < -0.39 is 11.7 Å². The number of carbonyl (C=O) groups excluding carboxylic acids is 2. The summed E-state index contributed by atoms with van der Waals surface area (Å²) in [6.07, 6.45) is 1.70. The molecule has 1 atom stereocenters. The topological polar surface area (TPSA) is 88.4 Å². The van der Waals surface area contributed by atoms with Gasteiger partial charge in [-0.2, -0.15) is 5.26 Å². The van der Waals surface area contributed by atoms with Crippen LogP contribution in [0.25, 0.3) is 0 Å². The number of alkyl carbamates (subject to hydrolysis) is 1. The van der Waals surface area contributed by atoms with Crippen molar-refractivity contribution in [2.24, 2.45) is 5.92 Å². The highest BCUT2D eigenvalue weighted by Crippen LogP contribution is 2.32. The number of fused-ring (bicyclic) bond motifs is 1. The zero-order valence-electron chi connectivity index (χ0n) is 14.2. The number of hydrogen-bond acceptors (Lipinski definition) is 5. The maximum absolute atomic E-state index is 11.5. The summed E-state index contributed by atoms with van der Waals surface area (Å²) in [5, 5.41) is 11.9. The Balaban J connectivity index is 1.89. The minimum atomic E-state index is -0.540. The summed E-state index contributed by atoms with van der Waals surface area (Å²) in [4.78, 5) is 22.5. The van der Waals surface area contributed by atoms with Crippen LogP contribution in [-0.2, 0) is 22.4 Å². The van der Waals surface area contributed by atoms with Gasteiger partial charge in [0.2, 0.25) is 0 Å². The third-order valence-electron chi connectivity index (χ3n) is 3.62. The Bertz CT molecular complexity index is 671. The number of aldehydes is 1. The number of nitriles is 1. The summed E-state index contributed by atoms with van der Waals surface area (Å²) in [5.41, 5.74) is 1.93. The van der Waals surface area contributed by atoms with Crippen LogP contribution in [0.2, 0.25) is 0 Å². The number of amides is 1. The summed E-state index contributed by atoms with van der Waals surface area (Å²) in [7, 11) is 0. The summed E-state index contributed by atoms with van der Waals surface area (Å²) in [5.74, 6) is 0.513. The first-order valence-electron chi connectivity index (χ1n) is 7.93. The molecular formula is C18H22N2O4. The molecule has 1 aliphatic carbocycles. The van der Waals surface area contributed by atoms with Gasteiger partial charge in [0.05, 0.1) is 18.2 Å². The van der Waals surface area contributed by atoms with Gasteiger partial charge < -0.3 is 19.6 Å². The lowest BCUT2D eigenvalue weighted by molar-refractivity contribution is -0.110. The fourth-order valence-corrected chi connectivity index (χ4v) is 2.66. The number of carbonyl (C=O) groups is 2. The Kier molecular flexibility index (Phi) is 5.45. The number of benzene rings is 1. The van der Waals surface area contributed by atoms with E-state index in [2.05, 4.69) is 11.4 Å². The van der Waals surface area contributed by atoms with E-state index in [9.17, 15) is 14.9 Å². The van der Waals surface area contributed by atoms with Crippen molar-refractivity contribution in [3.63, 3.8) is 0 Å². The molecule has 128 valence electrons. The monoisotopic (exact) mass is 330 g/mol. The first kappa shape index (κ1) is 17.8. The van der Waals surface area contributed by atoms with E-state index >= 15 is 0 Å². The average Bonchev–Trinajstić information content (AvgIpc) is 2.92. The van der Waals surface area contributed by atoms with E-state index in [0.717, 1.165) is 17.4 Å². The van der Waals surface area contributed by atoms with Crippen LogP contribution in [0.4, 0.5) is 4.79 Å². The van der Waals surface area contributed by atoms with Gasteiger partial charge in [-0.3, -0.25) is 0 Å². The van der Waals surface area contributed by atoms with Crippen molar-refractivity contribution >= 4 is 12.4 Å². The largest absolute Gasteiger partial charge is 0.492 e. The smallest absolute Gasteiger partial charge is 0.407 e. The highest BCUT2D eigenvalue weighted by molar-refractivity contribution is 5.67. The third kappa shape index (κ3) is 4.72. The van der Waals surface area contributed by atoms with E-state index in [1.807, 2.05) is 6.07 Å². The lowest BCUT2D eigenvalue weighted by Gasteiger charge is -2.19. The average molecular weight is 330 g/mol. The van der Waals surface area contributed by atoms with E-state index in [1.54, 1.807) is 26.8 Å². The molecule has 2 rings (SSSR count). The third-order valence-corrected chi connectivity index (χ3v) is 3.62. The normalized spacial score (nSPS) is 16.0. The van der Waals surface area contributed by atoms with E-state index in [-0.39, 0.29) is 12.5 Å². The van der Waals surface area contributed by atoms with Gasteiger partial charge in [-0.25, -0.2) is 4.79 Å². The lowest BCUT2D eigenvalue weighted by atomic mass is 10.0. The van der Waals surface area contributed by atoms with Crippen LogP contribution in [-0.4, -0.2) is 31.1 Å². The van der Waals surface area contributed by atoms with Gasteiger partial charge in [0.15, 0.2) is 0 Å². The molecule has 0 bridgehead atoms. The van der Waals surface area contributed by atoms with Crippen LogP contribution in [0, 0.1) is 17.2 Å². The molecule has 1 aliphatic rings. The van der Waals surface area contributed by atoms with E-state index in [1.165, 1.54) is 0 Å². The second-order valence-corrected chi connectivity index (χ2v) is 6.80. The molecule has 0 saturated carbocycles. The highest BCUT2D eigenvalue weighted by atomic mass is 16.6. The zero-order chi connectivity index (χ0) is 17.7. The predicted molar refractivity (Wildman–Crippen MR) is 87.9 cm³/mol. The number of ether oxygens (including phenoxy) is 2. The Morgan fingerprint density at radius 2 is 2.17 bits per heavy atom. The van der Waals surface area contributed by atoms with Gasteiger partial charge in [-0.15, -0.1) is 0 Å². The molecule has 1 aromatic rings. The van der Waals surface area contributed by atoms with Crippen molar-refractivity contribution in [3.8, 4) is 11.8 Å². The fraction of sp³-hybridized carbons (Fsp3) is 0.500. The van der Waals surface area contributed by atoms with Gasteiger partial charge in [0.1, 0.15) is 24.2 Å². The van der Waals surface area contributed by atoms with Crippen LogP contribution in [0.15, 0.2) is 12.1 Å². The van der Waals surface area contributed by atoms with Crippen molar-refractivity contribution in [1.29, 1.82) is 5.26 Å². The van der Waals surface area contributed by atoms with Gasteiger partial charge in [0.25, 0.3) is 0 Å². The fourth-order valence-electron chi connectivity index (χ4n) is 2.66. The van der Waals surface area contributed by atoms with Gasteiger partial charge in [0, 0.05) is 5.92 Å². The second-order valence-electron chi connectivity index (χ2n) is 6.80. The summed E-state index contributed by atoms with van der Waals surface area (Å²) < 4.78 is 10.7. The molecule has 0 aromatic heterocycles. The molecular weight excluding hydrogens is 308 g/mol. The SMILES string of the molecule is CC(C)(C)OC(=O)NCCOc1cc(C#N)c2c(c1)CC(C=O)C2. The molecule has 24 heavy (non-hydrogen) atoms. The molecule has 6 heteroatoms. The first-order valence-corrected chi connectivity index (χ1v) is 7.93. The molecule has 0 heterocycles. The van der Waals surface area contributed by atoms with Gasteiger partial charge >= 0.3 is 6.09 Å². The number of nitrogens with zero attached hydrogens (tertiary/aromatic N) is 1. The molecule has 1 N–H and O–H groups in total. The van der Waals surface area contributed by atoms with Crippen LogP contribution in [0.1, 0.15) is 37.5 Å². The van der Waals surface area contributed by atoms with Crippen molar-refractivity contribution in [1.82, 2.24) is 5.32 Å². The Morgan fingerprint density at radius 1 is 1.42 bits per heavy atom. The Hall–Kier alpha value is -2.55. The van der Waals surface area contributed by atoms with Gasteiger partial charge in [-0.05, 0) is 56.9 Å². The minimum Gasteiger partial charge on any atom is -0.492 e. The molecule has 1 unspecified atom stereocenters. The quantitative estimate of drug-likeness (QED) is 0.661. The molecule has 6 nitrogen and oxygen atoms in total. The lowest BCUT2D eigenvalue weighted by Crippen LogP contribution is -2.34. The van der Waals surface area contributed by atoms with E-state index in [0.29, 0.717) is 30.7 Å². The molecule has 1 aromatic carbocycles. The molecule has 1 amide bonds. The maximum Gasteiger partial charge on any atom is 0.407 e. The van der Waals surface area contributed by atoms with Crippen LogP contribution in [0.3, 0.4) is 0 Å². The number of nitrogens with one attached hydrogen (secondary N) is 1. The number of hydrogen-bond donors (Lipinski definition) is 1. The Morgan fingerprint density at radius 3 is 2.79 bits per heavy atom. The van der Waals surface area contributed by atoms with Crippen LogP contribution < -0.4 is 10.1 Å². The van der Waals surface area contributed by atoms with Crippen molar-refractivity contribution < 1.29 is 19.1 Å². The summed E-state index contributed by atoms with van der Waals surface area (Å²) in [6, 6.07) is 5.71. The predicted octanol–water partition coefficient (Wildman–Crippen LogP) is 2.38. The molecule has 0 fully saturated rings. The maximum atomic E-state index is 11.5. The molecule has 0 radical (unpaired) electrons. The Labute approximate surface area is 141 Å². The number of rotatable bonds is 5. The standard InChI is InChI=1S/C18H22N2O4/c1-18(2,3)24-17(22)20-4-5-23-15-8-13-6-12(11-21)7-16(13)14(9-15)10-19/h8-9,11-12H,4-7H2,1-3H3,(H,20,22). The molecule has 0 saturated heterocycles. The van der Waals surface area contributed by atoms with Crippen molar-refractivity contribution in [2.75, 3.05) is 13.2 Å². The van der Waals surface area contributed by atoms with Gasteiger partial charge in [-0.1, -0.05) is 0 Å². The second kappa shape index (κ2) is 7.35. The van der Waals surface area contributed by atoms with Crippen molar-refractivity contribution in [3.05, 3.63) is 28.8 Å². The highest BCUT2D eigenvalue weighted by Gasteiger charge is 2.24. The van der Waals surface area contributed by atoms with Crippen LogP contribution >= 0.6 is 0 Å². The van der Waals surface area contributed by atoms with Crippen molar-refractivity contribution in [2.45, 2.75) is 39.2 Å². The summed E-state index contributed by atoms with van der Waals surface area (Å²) in [6.45, 7) is 5.95. The zero-order valence-corrected chi connectivity index (χ0v) is 14.2. The molecule has 0 spiro atoms. The van der Waals surface area contributed by atoms with Crippen LogP contribution in [0.5, 0.6) is 5.75 Å². The first-order chi connectivity index (χ1) is 11.3. The van der Waals surface area contributed by atoms with E-state index in [4.69, 9.17) is 9.47 Å². The summed E-state index contributed by atoms with van der Waals surface area (Å²) >= 11 is 0. The molecule has 0 aliphatic heterocycles.